The molecule has 1 rings (SSSR count). The first-order chi connectivity index (χ1) is 5.59. The molecule has 0 radical (unpaired) electrons. The Morgan fingerprint density at radius 1 is 1.75 bits per heavy atom. The van der Waals surface area contributed by atoms with Gasteiger partial charge in [0.05, 0.1) is 11.4 Å². The summed E-state index contributed by atoms with van der Waals surface area (Å²) in [5.41, 5.74) is 5.28. The molecule has 1 atom stereocenters. The van der Waals surface area contributed by atoms with E-state index in [1.54, 1.807) is 0 Å². The molecule has 1 fully saturated rings. The Morgan fingerprint density at radius 2 is 2.42 bits per heavy atom. The summed E-state index contributed by atoms with van der Waals surface area (Å²) in [7, 11) is 0. The van der Waals surface area contributed by atoms with Crippen molar-refractivity contribution in [1.29, 1.82) is 0 Å². The second-order valence-corrected chi connectivity index (χ2v) is 3.90. The highest BCUT2D eigenvalue weighted by molar-refractivity contribution is 7.80. The van der Waals surface area contributed by atoms with Gasteiger partial charge in [-0.25, -0.2) is 0 Å². The minimum Gasteiger partial charge on any atom is -0.393 e. The molecular formula is C8H14N2OS. The van der Waals surface area contributed by atoms with E-state index in [0.29, 0.717) is 10.9 Å². The molecule has 0 saturated carbocycles. The first kappa shape index (κ1) is 9.45. The summed E-state index contributed by atoms with van der Waals surface area (Å²) in [5, 5.41) is 0. The van der Waals surface area contributed by atoms with Gasteiger partial charge in [-0.3, -0.25) is 4.79 Å². The monoisotopic (exact) mass is 186 g/mol. The van der Waals surface area contributed by atoms with Crippen molar-refractivity contribution in [3.8, 4) is 0 Å². The van der Waals surface area contributed by atoms with Crippen molar-refractivity contribution in [1.82, 2.24) is 4.90 Å². The molecule has 4 heteroatoms. The van der Waals surface area contributed by atoms with Crippen LogP contribution in [0.15, 0.2) is 0 Å². The Balaban J connectivity index is 2.38. The molecule has 1 aliphatic heterocycles. The number of thiocarbonyl (C=S) groups is 1. The van der Waals surface area contributed by atoms with E-state index in [1.807, 2.05) is 4.90 Å². The number of hydrogen-bond donors (Lipinski definition) is 1. The van der Waals surface area contributed by atoms with Gasteiger partial charge in [0, 0.05) is 13.1 Å². The van der Waals surface area contributed by atoms with Crippen LogP contribution < -0.4 is 5.73 Å². The fourth-order valence-electron chi connectivity index (χ4n) is 1.42. The van der Waals surface area contributed by atoms with E-state index < -0.39 is 0 Å². The summed E-state index contributed by atoms with van der Waals surface area (Å²) in [5.74, 6) is 0.701. The second-order valence-electron chi connectivity index (χ2n) is 3.38. The molecule has 3 nitrogen and oxygen atoms in total. The number of amides is 1. The molecule has 1 heterocycles. The van der Waals surface area contributed by atoms with Crippen molar-refractivity contribution in [2.75, 3.05) is 13.1 Å². The normalized spacial score (nSPS) is 22.8. The lowest BCUT2D eigenvalue weighted by Crippen LogP contribution is -2.31. The number of likely N-dealkylation sites (tertiary alicyclic amines) is 1. The predicted molar refractivity (Wildman–Crippen MR) is 51.8 cm³/mol. The van der Waals surface area contributed by atoms with Crippen LogP contribution in [0.4, 0.5) is 0 Å². The SMILES string of the molecule is CC1CCN(C(=O)CC(N)=S)C1. The van der Waals surface area contributed by atoms with E-state index in [4.69, 9.17) is 5.73 Å². The topological polar surface area (TPSA) is 46.3 Å². The smallest absolute Gasteiger partial charge is 0.229 e. The maximum Gasteiger partial charge on any atom is 0.229 e. The van der Waals surface area contributed by atoms with E-state index in [0.717, 1.165) is 19.5 Å². The van der Waals surface area contributed by atoms with Crippen molar-refractivity contribution < 1.29 is 4.79 Å². The zero-order chi connectivity index (χ0) is 9.14. The van der Waals surface area contributed by atoms with Crippen LogP contribution in [-0.4, -0.2) is 28.9 Å². The van der Waals surface area contributed by atoms with Gasteiger partial charge in [0.2, 0.25) is 5.91 Å². The quantitative estimate of drug-likeness (QED) is 0.640. The minimum absolute atomic E-state index is 0.0758. The maximum absolute atomic E-state index is 11.4. The molecule has 2 N–H and O–H groups in total. The van der Waals surface area contributed by atoms with Gasteiger partial charge in [-0.2, -0.15) is 0 Å². The Bertz CT molecular complexity index is 205. The highest BCUT2D eigenvalue weighted by Crippen LogP contribution is 2.15. The summed E-state index contributed by atoms with van der Waals surface area (Å²) < 4.78 is 0. The molecule has 0 aromatic heterocycles. The average Bonchev–Trinajstić information content (AvgIpc) is 2.34. The highest BCUT2D eigenvalue weighted by Gasteiger charge is 2.22. The Labute approximate surface area is 77.9 Å². The van der Waals surface area contributed by atoms with E-state index in [2.05, 4.69) is 19.1 Å². The summed E-state index contributed by atoms with van der Waals surface area (Å²) in [6.07, 6.45) is 1.32. The first-order valence-electron chi connectivity index (χ1n) is 4.15. The largest absolute Gasteiger partial charge is 0.393 e. The van der Waals surface area contributed by atoms with Gasteiger partial charge in [-0.1, -0.05) is 19.1 Å². The predicted octanol–water partition coefficient (Wildman–Crippen LogP) is 0.531. The molecule has 12 heavy (non-hydrogen) atoms. The van der Waals surface area contributed by atoms with Crippen LogP contribution in [0.2, 0.25) is 0 Å². The van der Waals surface area contributed by atoms with Crippen LogP contribution in [0.25, 0.3) is 0 Å². The second kappa shape index (κ2) is 3.85. The third kappa shape index (κ3) is 2.44. The van der Waals surface area contributed by atoms with E-state index in [-0.39, 0.29) is 12.3 Å². The number of hydrogen-bond acceptors (Lipinski definition) is 2. The zero-order valence-corrected chi connectivity index (χ0v) is 8.06. The van der Waals surface area contributed by atoms with E-state index in [1.165, 1.54) is 0 Å². The molecule has 0 aromatic carbocycles. The summed E-state index contributed by atoms with van der Waals surface area (Å²) in [6, 6.07) is 0. The van der Waals surface area contributed by atoms with Crippen LogP contribution >= 0.6 is 12.2 Å². The molecule has 68 valence electrons. The van der Waals surface area contributed by atoms with Gasteiger partial charge >= 0.3 is 0 Å². The molecule has 1 aliphatic rings. The van der Waals surface area contributed by atoms with Gasteiger partial charge in [0.25, 0.3) is 0 Å². The van der Waals surface area contributed by atoms with Crippen LogP contribution in [0.1, 0.15) is 19.8 Å². The van der Waals surface area contributed by atoms with Crippen molar-refractivity contribution in [2.45, 2.75) is 19.8 Å². The lowest BCUT2D eigenvalue weighted by molar-refractivity contribution is -0.128. The van der Waals surface area contributed by atoms with Crippen molar-refractivity contribution in [3.05, 3.63) is 0 Å². The fraction of sp³-hybridized carbons (Fsp3) is 0.750. The summed E-state index contributed by atoms with van der Waals surface area (Å²) >= 11 is 4.67. The Morgan fingerprint density at radius 3 is 2.83 bits per heavy atom. The highest BCUT2D eigenvalue weighted by atomic mass is 32.1. The summed E-state index contributed by atoms with van der Waals surface area (Å²) in [6.45, 7) is 3.87. The van der Waals surface area contributed by atoms with Crippen LogP contribution in [-0.2, 0) is 4.79 Å². The molecule has 1 amide bonds. The average molecular weight is 186 g/mol. The lowest BCUT2D eigenvalue weighted by atomic mass is 10.2. The zero-order valence-electron chi connectivity index (χ0n) is 7.25. The molecule has 1 saturated heterocycles. The molecule has 0 bridgehead atoms. The fourth-order valence-corrected chi connectivity index (χ4v) is 1.55. The van der Waals surface area contributed by atoms with Gasteiger partial charge < -0.3 is 10.6 Å². The molecule has 1 unspecified atom stereocenters. The standard InChI is InChI=1S/C8H14N2OS/c1-6-2-3-10(5-6)8(11)4-7(9)12/h6H,2-5H2,1H3,(H2,9,12). The molecule has 0 aromatic rings. The molecular weight excluding hydrogens is 172 g/mol. The van der Waals surface area contributed by atoms with Gasteiger partial charge in [-0.15, -0.1) is 0 Å². The Hall–Kier alpha value is -0.640. The van der Waals surface area contributed by atoms with Gasteiger partial charge in [-0.05, 0) is 12.3 Å². The third-order valence-corrected chi connectivity index (χ3v) is 2.25. The number of rotatable bonds is 2. The lowest BCUT2D eigenvalue weighted by Gasteiger charge is -2.14. The number of carbonyl (C=O) groups is 1. The Kier molecular flexibility index (Phi) is 3.03. The van der Waals surface area contributed by atoms with E-state index in [9.17, 15) is 4.79 Å². The third-order valence-electron chi connectivity index (χ3n) is 2.10. The molecule has 0 spiro atoms. The summed E-state index contributed by atoms with van der Waals surface area (Å²) in [4.78, 5) is 13.5. The minimum atomic E-state index is 0.0758. The number of nitrogens with two attached hydrogens (primary N) is 1. The maximum atomic E-state index is 11.4. The van der Waals surface area contributed by atoms with Crippen molar-refractivity contribution in [2.24, 2.45) is 11.7 Å². The van der Waals surface area contributed by atoms with Gasteiger partial charge in [0.15, 0.2) is 0 Å². The van der Waals surface area contributed by atoms with Crippen LogP contribution in [0.3, 0.4) is 0 Å². The van der Waals surface area contributed by atoms with Crippen molar-refractivity contribution >= 4 is 23.1 Å². The first-order valence-corrected chi connectivity index (χ1v) is 4.56. The van der Waals surface area contributed by atoms with Gasteiger partial charge in [0.1, 0.15) is 0 Å². The van der Waals surface area contributed by atoms with Crippen LogP contribution in [0.5, 0.6) is 0 Å². The van der Waals surface area contributed by atoms with Crippen LogP contribution in [0, 0.1) is 5.92 Å². The number of carbonyl (C=O) groups excluding carboxylic acids is 1. The molecule has 0 aliphatic carbocycles. The van der Waals surface area contributed by atoms with Crippen molar-refractivity contribution in [3.63, 3.8) is 0 Å². The van der Waals surface area contributed by atoms with E-state index >= 15 is 0 Å². The number of nitrogens with zero attached hydrogens (tertiary/aromatic N) is 1.